The molecule has 0 aromatic carbocycles. The summed E-state index contributed by atoms with van der Waals surface area (Å²) in [5.74, 6) is -1.57. The molecule has 0 saturated heterocycles. The molecule has 0 atom stereocenters. The minimum Gasteiger partial charge on any atom is -0.701 e. The minimum absolute atomic E-state index is 0. The van der Waals surface area contributed by atoms with Crippen molar-refractivity contribution < 1.29 is 58.1 Å². The fourth-order valence-corrected chi connectivity index (χ4v) is 1.76. The Morgan fingerprint density at radius 2 is 1.92 bits per heavy atom. The van der Waals surface area contributed by atoms with Gasteiger partial charge in [-0.2, -0.15) is 4.21 Å². The molecule has 0 spiro atoms. The number of Topliss-reactive ketones (excluding diaryl/α,β-unsaturated/α-hetero) is 1. The molecule has 0 bridgehead atoms. The van der Waals surface area contributed by atoms with Crippen LogP contribution in [0.4, 0.5) is 4.79 Å². The second kappa shape index (κ2) is 4.63. The van der Waals surface area contributed by atoms with Crippen LogP contribution in [-0.4, -0.2) is 32.4 Å². The third-order valence-corrected chi connectivity index (χ3v) is 3.47. The minimum atomic E-state index is -4.82. The predicted molar refractivity (Wildman–Crippen MR) is 38.7 cm³/mol. The summed E-state index contributed by atoms with van der Waals surface area (Å²) >= 11 is 0. The fraction of sp³-hybridized carbons (Fsp3) is 0.600. The summed E-state index contributed by atoms with van der Waals surface area (Å²) in [5.41, 5.74) is 0. The fourth-order valence-electron chi connectivity index (χ4n) is 0.586. The normalized spacial score (nSPS) is 13.6. The molecule has 72 valence electrons. The molecule has 0 radical (unpaired) electrons. The van der Waals surface area contributed by atoms with Gasteiger partial charge >= 0.3 is 34.9 Å². The summed E-state index contributed by atoms with van der Waals surface area (Å²) in [6, 6.07) is 0. The molecule has 0 aromatic rings. The van der Waals surface area contributed by atoms with Crippen molar-refractivity contribution in [2.24, 2.45) is 0 Å². The SMILES string of the molecule is CC(=O)CS(C)(=O)(O[O-])C(=O)O.[Na+]. The monoisotopic (exact) mass is 220 g/mol. The standard InChI is InChI=1S/C5H10O6S.Na/c1-4(6)3-12(2,10,11-9)5(7)8;/h9H,3H2,1-2H3,(H,7,8);/q;+1/p-1. The van der Waals surface area contributed by atoms with E-state index in [0.29, 0.717) is 6.26 Å². The summed E-state index contributed by atoms with van der Waals surface area (Å²) in [6.45, 7) is 1.03. The maximum Gasteiger partial charge on any atom is 1.00 e. The van der Waals surface area contributed by atoms with Gasteiger partial charge in [-0.05, 0) is 6.92 Å². The smallest absolute Gasteiger partial charge is 0.701 e. The van der Waals surface area contributed by atoms with Crippen molar-refractivity contribution in [1.29, 1.82) is 0 Å². The van der Waals surface area contributed by atoms with E-state index in [1.807, 2.05) is 0 Å². The Morgan fingerprint density at radius 3 is 2.00 bits per heavy atom. The molecule has 0 aliphatic carbocycles. The number of hydrogen-bond donors (Lipinski definition) is 1. The van der Waals surface area contributed by atoms with Gasteiger partial charge in [0.1, 0.15) is 11.5 Å². The van der Waals surface area contributed by atoms with Crippen LogP contribution in [0, 0.1) is 0 Å². The van der Waals surface area contributed by atoms with Crippen LogP contribution < -0.4 is 34.8 Å². The van der Waals surface area contributed by atoms with Gasteiger partial charge in [0.05, 0.1) is 0 Å². The molecule has 8 heteroatoms. The Morgan fingerprint density at radius 1 is 1.54 bits per heavy atom. The Bertz CT molecular complexity index is 287. The van der Waals surface area contributed by atoms with E-state index in [1.165, 1.54) is 0 Å². The Balaban J connectivity index is 0. The molecule has 0 saturated carbocycles. The van der Waals surface area contributed by atoms with Crippen molar-refractivity contribution in [2.75, 3.05) is 12.0 Å². The van der Waals surface area contributed by atoms with E-state index in [9.17, 15) is 19.1 Å². The topological polar surface area (TPSA) is 104 Å². The van der Waals surface area contributed by atoms with Gasteiger partial charge in [-0.25, -0.2) is 4.79 Å². The van der Waals surface area contributed by atoms with E-state index in [1.54, 1.807) is 0 Å². The Labute approximate surface area is 97.1 Å². The van der Waals surface area contributed by atoms with E-state index < -0.39 is 26.2 Å². The van der Waals surface area contributed by atoms with Crippen molar-refractivity contribution in [2.45, 2.75) is 6.92 Å². The van der Waals surface area contributed by atoms with E-state index >= 15 is 0 Å². The van der Waals surface area contributed by atoms with Crippen LogP contribution in [0.3, 0.4) is 0 Å². The largest absolute Gasteiger partial charge is 1.00 e. The molecular formula is C5H9NaO6S. The zero-order chi connectivity index (χ0) is 10.0. The van der Waals surface area contributed by atoms with Crippen molar-refractivity contribution in [3.63, 3.8) is 0 Å². The van der Waals surface area contributed by atoms with Gasteiger partial charge in [0.2, 0.25) is 0 Å². The molecule has 1 N–H and O–H groups in total. The van der Waals surface area contributed by atoms with Gasteiger partial charge in [0.25, 0.3) is 0 Å². The van der Waals surface area contributed by atoms with Gasteiger partial charge in [-0.1, -0.05) is 0 Å². The molecule has 0 unspecified atom stereocenters. The number of hydrogen-bond acceptors (Lipinski definition) is 5. The van der Waals surface area contributed by atoms with Crippen LogP contribution in [0.25, 0.3) is 0 Å². The first kappa shape index (κ1) is 15.7. The van der Waals surface area contributed by atoms with Gasteiger partial charge < -0.3 is 14.7 Å². The summed E-state index contributed by atoms with van der Waals surface area (Å²) < 4.78 is 14.5. The first-order valence-corrected chi connectivity index (χ1v) is 5.36. The molecule has 6 nitrogen and oxygen atoms in total. The van der Waals surface area contributed by atoms with Crippen LogP contribution in [0.1, 0.15) is 6.92 Å². The van der Waals surface area contributed by atoms with Gasteiger partial charge in [0, 0.05) is 6.26 Å². The van der Waals surface area contributed by atoms with Crippen LogP contribution in [-0.2, 0) is 18.5 Å². The van der Waals surface area contributed by atoms with Crippen LogP contribution in [0.2, 0.25) is 0 Å². The zero-order valence-electron chi connectivity index (χ0n) is 7.60. The summed E-state index contributed by atoms with van der Waals surface area (Å²) in [7, 11) is -4.82. The third-order valence-electron chi connectivity index (χ3n) is 1.16. The maximum atomic E-state index is 11.3. The molecule has 0 aromatic heterocycles. The summed E-state index contributed by atoms with van der Waals surface area (Å²) in [4.78, 5) is 20.8. The van der Waals surface area contributed by atoms with E-state index in [2.05, 4.69) is 4.33 Å². The number of carbonyl (C=O) groups excluding carboxylic acids is 1. The molecule has 0 fully saturated rings. The van der Waals surface area contributed by atoms with Crippen molar-refractivity contribution in [1.82, 2.24) is 0 Å². The van der Waals surface area contributed by atoms with Gasteiger partial charge in [0.15, 0.2) is 0 Å². The second-order valence-electron chi connectivity index (χ2n) is 2.62. The van der Waals surface area contributed by atoms with Crippen molar-refractivity contribution >= 4 is 20.4 Å². The quantitative estimate of drug-likeness (QED) is 0.294. The Hall–Kier alpha value is 0.210. The molecule has 0 heterocycles. The van der Waals surface area contributed by atoms with Gasteiger partial charge in [-0.3, -0.25) is 4.79 Å². The first-order valence-electron chi connectivity index (χ1n) is 2.89. The molecule has 0 rings (SSSR count). The van der Waals surface area contributed by atoms with Crippen molar-refractivity contribution in [3.05, 3.63) is 0 Å². The number of carbonyl (C=O) groups is 2. The predicted octanol–water partition coefficient (Wildman–Crippen LogP) is -4.09. The molecule has 0 aliphatic heterocycles. The first-order chi connectivity index (χ1) is 5.21. The molecule has 13 heavy (non-hydrogen) atoms. The number of ketones is 1. The van der Waals surface area contributed by atoms with Crippen LogP contribution in [0.15, 0.2) is 0 Å². The Kier molecular flexibility index (Phi) is 5.58. The number of carboxylic acid groups (broad SMARTS) is 1. The molecule has 0 amide bonds. The average Bonchev–Trinajstić information content (AvgIpc) is 1.85. The van der Waals surface area contributed by atoms with Crippen LogP contribution in [0.5, 0.6) is 0 Å². The van der Waals surface area contributed by atoms with E-state index in [0.717, 1.165) is 6.92 Å². The molecule has 0 aliphatic rings. The number of rotatable bonds is 3. The molecular weight excluding hydrogens is 211 g/mol. The van der Waals surface area contributed by atoms with Crippen molar-refractivity contribution in [3.8, 4) is 0 Å². The van der Waals surface area contributed by atoms with Gasteiger partial charge in [-0.15, -0.1) is 9.35 Å². The summed E-state index contributed by atoms with van der Waals surface area (Å²) in [6.07, 6.45) is 0.633. The maximum absolute atomic E-state index is 11.3. The van der Waals surface area contributed by atoms with E-state index in [4.69, 9.17) is 5.11 Å². The second-order valence-corrected chi connectivity index (χ2v) is 6.28. The third kappa shape index (κ3) is 3.84. The average molecular weight is 220 g/mol. The van der Waals surface area contributed by atoms with E-state index in [-0.39, 0.29) is 29.6 Å². The summed E-state index contributed by atoms with van der Waals surface area (Å²) in [5, 5.41) is 16.5. The van der Waals surface area contributed by atoms with Crippen LogP contribution >= 0.6 is 0 Å². The zero-order valence-corrected chi connectivity index (χ0v) is 10.4.